The lowest BCUT2D eigenvalue weighted by molar-refractivity contribution is -0.0190. The average molecular weight is 413 g/mol. The number of benzene rings is 3. The van der Waals surface area contributed by atoms with Crippen LogP contribution in [0.5, 0.6) is 5.75 Å². The van der Waals surface area contributed by atoms with Crippen LogP contribution in [0, 0.1) is 5.82 Å². The minimum atomic E-state index is -0.381. The van der Waals surface area contributed by atoms with Crippen molar-refractivity contribution in [1.29, 1.82) is 0 Å². The van der Waals surface area contributed by atoms with Crippen LogP contribution in [0.3, 0.4) is 0 Å². The molecule has 0 saturated heterocycles. The zero-order chi connectivity index (χ0) is 19.3. The second kappa shape index (κ2) is 6.80. The quantitative estimate of drug-likeness (QED) is 0.487. The topological polar surface area (TPSA) is 24.8 Å². The van der Waals surface area contributed by atoms with E-state index in [4.69, 9.17) is 33.0 Å². The van der Waals surface area contributed by atoms with Crippen molar-refractivity contribution >= 4 is 28.9 Å². The van der Waals surface area contributed by atoms with Gasteiger partial charge in [-0.25, -0.2) is 9.40 Å². The highest BCUT2D eigenvalue weighted by Crippen LogP contribution is 2.48. The summed E-state index contributed by atoms with van der Waals surface area (Å²) in [5.41, 5.74) is 3.74. The first-order valence-electron chi connectivity index (χ1n) is 8.92. The number of halogens is 3. The molecule has 28 heavy (non-hydrogen) atoms. The van der Waals surface area contributed by atoms with Gasteiger partial charge in [-0.1, -0.05) is 47.5 Å². The molecule has 2 atom stereocenters. The standard InChI is InChI=1S/C22H15Cl2FN2O/c23-15-5-1-14(2-6-15)22-27-20(18-11-16(24)7-10-21(18)28-22)12-19(26-27)13-3-8-17(25)9-4-13/h1-11,20,22H,12H2/t20-,22+/m0/s1. The maximum Gasteiger partial charge on any atom is 0.213 e. The molecular weight excluding hydrogens is 398 g/mol. The molecule has 0 fully saturated rings. The van der Waals surface area contributed by atoms with Gasteiger partial charge in [0.25, 0.3) is 0 Å². The fraction of sp³-hybridized carbons (Fsp3) is 0.136. The first kappa shape index (κ1) is 17.5. The number of hydrazone groups is 1. The first-order valence-corrected chi connectivity index (χ1v) is 9.67. The zero-order valence-electron chi connectivity index (χ0n) is 14.6. The summed E-state index contributed by atoms with van der Waals surface area (Å²) in [4.78, 5) is 0. The molecular formula is C22H15Cl2FN2O. The Morgan fingerprint density at radius 3 is 2.39 bits per heavy atom. The summed E-state index contributed by atoms with van der Waals surface area (Å²) in [5.74, 6) is 0.528. The van der Waals surface area contributed by atoms with Crippen LogP contribution >= 0.6 is 23.2 Å². The first-order chi connectivity index (χ1) is 13.6. The molecule has 2 heterocycles. The Labute approximate surface area is 172 Å². The summed E-state index contributed by atoms with van der Waals surface area (Å²) in [7, 11) is 0. The van der Waals surface area contributed by atoms with Crippen LogP contribution in [-0.2, 0) is 0 Å². The Morgan fingerprint density at radius 2 is 1.64 bits per heavy atom. The Hall–Kier alpha value is -2.56. The van der Waals surface area contributed by atoms with Gasteiger partial charge in [0.05, 0.1) is 11.8 Å². The summed E-state index contributed by atoms with van der Waals surface area (Å²) in [6.07, 6.45) is 0.306. The molecule has 0 aliphatic carbocycles. The number of fused-ring (bicyclic) bond motifs is 3. The highest BCUT2D eigenvalue weighted by atomic mass is 35.5. The third-order valence-electron chi connectivity index (χ3n) is 5.08. The summed E-state index contributed by atoms with van der Waals surface area (Å²) in [6, 6.07) is 19.6. The van der Waals surface area contributed by atoms with Gasteiger partial charge in [-0.05, 0) is 48.0 Å². The van der Waals surface area contributed by atoms with Gasteiger partial charge >= 0.3 is 0 Å². The van der Waals surface area contributed by atoms with E-state index in [2.05, 4.69) is 0 Å². The van der Waals surface area contributed by atoms with Crippen LogP contribution in [0.2, 0.25) is 10.0 Å². The lowest BCUT2D eigenvalue weighted by Gasteiger charge is -2.38. The van der Waals surface area contributed by atoms with Gasteiger partial charge in [-0.3, -0.25) is 0 Å². The highest BCUT2D eigenvalue weighted by Gasteiger charge is 2.41. The van der Waals surface area contributed by atoms with Gasteiger partial charge in [-0.15, -0.1) is 0 Å². The van der Waals surface area contributed by atoms with Gasteiger partial charge in [0.1, 0.15) is 11.6 Å². The maximum atomic E-state index is 13.3. The fourth-order valence-electron chi connectivity index (χ4n) is 3.72. The third-order valence-corrected chi connectivity index (χ3v) is 5.57. The van der Waals surface area contributed by atoms with Crippen LogP contribution in [-0.4, -0.2) is 10.7 Å². The second-order valence-corrected chi connectivity index (χ2v) is 7.73. The van der Waals surface area contributed by atoms with E-state index in [0.29, 0.717) is 16.5 Å². The molecule has 0 N–H and O–H groups in total. The lowest BCUT2D eigenvalue weighted by Crippen LogP contribution is -2.33. The molecule has 140 valence electrons. The van der Waals surface area contributed by atoms with E-state index in [0.717, 1.165) is 28.2 Å². The fourth-order valence-corrected chi connectivity index (χ4v) is 4.03. The van der Waals surface area contributed by atoms with Crippen molar-refractivity contribution < 1.29 is 9.13 Å². The number of ether oxygens (including phenoxy) is 1. The van der Waals surface area contributed by atoms with Crippen molar-refractivity contribution in [2.24, 2.45) is 5.10 Å². The van der Waals surface area contributed by atoms with Gasteiger partial charge in [-0.2, -0.15) is 5.10 Å². The van der Waals surface area contributed by atoms with Crippen molar-refractivity contribution in [2.45, 2.75) is 18.7 Å². The van der Waals surface area contributed by atoms with E-state index in [1.807, 2.05) is 47.5 Å². The van der Waals surface area contributed by atoms with Crippen LogP contribution in [0.1, 0.15) is 35.4 Å². The number of nitrogens with zero attached hydrogens (tertiary/aromatic N) is 2. The Morgan fingerprint density at radius 1 is 0.929 bits per heavy atom. The largest absolute Gasteiger partial charge is 0.464 e. The van der Waals surface area contributed by atoms with E-state index in [1.165, 1.54) is 12.1 Å². The maximum absolute atomic E-state index is 13.3. The number of hydrogen-bond donors (Lipinski definition) is 0. The molecule has 2 aliphatic rings. The predicted octanol–water partition coefficient (Wildman–Crippen LogP) is 6.37. The molecule has 0 radical (unpaired) electrons. The van der Waals surface area contributed by atoms with E-state index < -0.39 is 0 Å². The molecule has 3 aromatic rings. The highest BCUT2D eigenvalue weighted by molar-refractivity contribution is 6.30. The summed E-state index contributed by atoms with van der Waals surface area (Å²) in [6.45, 7) is 0. The zero-order valence-corrected chi connectivity index (χ0v) is 16.2. The number of hydrogen-bond acceptors (Lipinski definition) is 3. The molecule has 0 bridgehead atoms. The van der Waals surface area contributed by atoms with Gasteiger partial charge in [0.2, 0.25) is 6.23 Å². The Bertz CT molecular complexity index is 1070. The Kier molecular flexibility index (Phi) is 4.26. The smallest absolute Gasteiger partial charge is 0.213 e. The Balaban J connectivity index is 1.59. The molecule has 3 nitrogen and oxygen atoms in total. The molecule has 0 saturated carbocycles. The molecule has 5 rings (SSSR count). The molecule has 0 amide bonds. The molecule has 0 unspecified atom stereocenters. The van der Waals surface area contributed by atoms with Crippen LogP contribution in [0.15, 0.2) is 71.8 Å². The molecule has 6 heteroatoms. The summed E-state index contributed by atoms with van der Waals surface area (Å²) >= 11 is 12.3. The van der Waals surface area contributed by atoms with E-state index in [-0.39, 0.29) is 18.1 Å². The van der Waals surface area contributed by atoms with Gasteiger partial charge in [0.15, 0.2) is 0 Å². The lowest BCUT2D eigenvalue weighted by atomic mass is 9.96. The number of rotatable bonds is 2. The summed E-state index contributed by atoms with van der Waals surface area (Å²) < 4.78 is 19.6. The van der Waals surface area contributed by atoms with Crippen molar-refractivity contribution in [3.8, 4) is 5.75 Å². The van der Waals surface area contributed by atoms with E-state index in [9.17, 15) is 4.39 Å². The van der Waals surface area contributed by atoms with E-state index >= 15 is 0 Å². The SMILES string of the molecule is Fc1ccc(C2=NN3[C@@H](c4ccc(Cl)cc4)Oc4ccc(Cl)cc4[C@@H]3C2)cc1. The molecule has 0 aromatic heterocycles. The van der Waals surface area contributed by atoms with Crippen molar-refractivity contribution in [3.63, 3.8) is 0 Å². The monoisotopic (exact) mass is 412 g/mol. The van der Waals surface area contributed by atoms with Gasteiger partial charge < -0.3 is 4.74 Å². The van der Waals surface area contributed by atoms with Crippen LogP contribution in [0.25, 0.3) is 0 Å². The van der Waals surface area contributed by atoms with Crippen LogP contribution < -0.4 is 4.74 Å². The average Bonchev–Trinajstić information content (AvgIpc) is 3.14. The minimum Gasteiger partial charge on any atom is -0.464 e. The molecule has 3 aromatic carbocycles. The van der Waals surface area contributed by atoms with E-state index in [1.54, 1.807) is 12.1 Å². The molecule has 2 aliphatic heterocycles. The normalized spacial score (nSPS) is 20.2. The summed E-state index contributed by atoms with van der Waals surface area (Å²) in [5, 5.41) is 8.13. The minimum absolute atomic E-state index is 0.0109. The predicted molar refractivity (Wildman–Crippen MR) is 108 cm³/mol. The van der Waals surface area contributed by atoms with Crippen LogP contribution in [0.4, 0.5) is 4.39 Å². The van der Waals surface area contributed by atoms with Crippen molar-refractivity contribution in [1.82, 2.24) is 5.01 Å². The van der Waals surface area contributed by atoms with Crippen molar-refractivity contribution in [3.05, 3.63) is 99.3 Å². The third kappa shape index (κ3) is 3.03. The van der Waals surface area contributed by atoms with Gasteiger partial charge in [0, 0.05) is 27.6 Å². The second-order valence-electron chi connectivity index (χ2n) is 6.86. The molecule has 0 spiro atoms. The van der Waals surface area contributed by atoms with Crippen molar-refractivity contribution in [2.75, 3.05) is 0 Å².